The molecule has 0 aromatic carbocycles. The minimum Gasteiger partial charge on any atom is -0.366 e. The van der Waals surface area contributed by atoms with E-state index in [1.165, 1.54) is 4.88 Å². The molecule has 11 heavy (non-hydrogen) atoms. The van der Waals surface area contributed by atoms with Crippen molar-refractivity contribution >= 4 is 17.2 Å². The van der Waals surface area contributed by atoms with E-state index in [1.807, 2.05) is 5.38 Å². The fourth-order valence-corrected chi connectivity index (χ4v) is 2.42. The minimum absolute atomic E-state index is 0.305. The second-order valence-electron chi connectivity index (χ2n) is 2.59. The van der Waals surface area contributed by atoms with E-state index in [4.69, 9.17) is 5.73 Å². The maximum absolute atomic E-state index is 10.8. The molecule has 2 rings (SSSR count). The molecule has 1 amide bonds. The first-order valence-electron chi connectivity index (χ1n) is 3.52. The fraction of sp³-hybridized carbons (Fsp3) is 0.250. The highest BCUT2D eigenvalue weighted by atomic mass is 32.1. The molecule has 1 aliphatic carbocycles. The number of primary amides is 1. The topological polar surface area (TPSA) is 43.1 Å². The molecule has 2 N–H and O–H groups in total. The monoisotopic (exact) mass is 166 g/mol. The number of nitrogens with two attached hydrogens (primary N) is 1. The quantitative estimate of drug-likeness (QED) is 0.672. The first kappa shape index (κ1) is 6.85. The number of hydrogen-bond donors (Lipinski definition) is 1. The van der Waals surface area contributed by atoms with Crippen LogP contribution < -0.4 is 5.73 Å². The second-order valence-corrected chi connectivity index (χ2v) is 3.56. The Kier molecular flexibility index (Phi) is 1.46. The third-order valence-electron chi connectivity index (χ3n) is 1.89. The van der Waals surface area contributed by atoms with E-state index < -0.39 is 0 Å². The molecule has 1 radical (unpaired) electrons. The van der Waals surface area contributed by atoms with Gasteiger partial charge < -0.3 is 5.73 Å². The predicted molar refractivity (Wildman–Crippen MR) is 44.6 cm³/mol. The number of rotatable bonds is 1. The van der Waals surface area contributed by atoms with Gasteiger partial charge in [0, 0.05) is 10.3 Å². The van der Waals surface area contributed by atoms with Crippen molar-refractivity contribution in [3.8, 4) is 0 Å². The zero-order chi connectivity index (χ0) is 7.84. The molecule has 1 aliphatic rings. The summed E-state index contributed by atoms with van der Waals surface area (Å²) in [6, 6.07) is 0. The molecule has 0 aliphatic heterocycles. The average Bonchev–Trinajstić information content (AvgIpc) is 2.41. The zero-order valence-corrected chi connectivity index (χ0v) is 6.78. The summed E-state index contributed by atoms with van der Waals surface area (Å²) in [7, 11) is 0. The molecule has 0 spiro atoms. The zero-order valence-electron chi connectivity index (χ0n) is 5.96. The van der Waals surface area contributed by atoms with E-state index in [9.17, 15) is 4.79 Å². The van der Waals surface area contributed by atoms with Gasteiger partial charge in [0.1, 0.15) is 0 Å². The van der Waals surface area contributed by atoms with Gasteiger partial charge >= 0.3 is 0 Å². The highest BCUT2D eigenvalue weighted by molar-refractivity contribution is 7.10. The van der Waals surface area contributed by atoms with Crippen molar-refractivity contribution in [2.24, 2.45) is 5.73 Å². The summed E-state index contributed by atoms with van der Waals surface area (Å²) in [6.07, 6.45) is 4.22. The third-order valence-corrected chi connectivity index (χ3v) is 2.96. The van der Waals surface area contributed by atoms with Crippen molar-refractivity contribution in [3.63, 3.8) is 0 Å². The summed E-state index contributed by atoms with van der Waals surface area (Å²) < 4.78 is 0. The van der Waals surface area contributed by atoms with Crippen molar-refractivity contribution in [1.82, 2.24) is 0 Å². The van der Waals surface area contributed by atoms with E-state index in [0.29, 0.717) is 5.56 Å². The number of thiophene rings is 1. The molecule has 2 nitrogen and oxygen atoms in total. The summed E-state index contributed by atoms with van der Waals surface area (Å²) in [4.78, 5) is 12.1. The molecule has 57 valence electrons. The molecule has 0 saturated heterocycles. The summed E-state index contributed by atoms with van der Waals surface area (Å²) in [5, 5.41) is 1.85. The summed E-state index contributed by atoms with van der Waals surface area (Å²) >= 11 is 1.63. The molecule has 1 aromatic heterocycles. The van der Waals surface area contributed by atoms with Gasteiger partial charge in [-0.15, -0.1) is 11.3 Å². The number of fused-ring (bicyclic) bond motifs is 1. The first-order chi connectivity index (χ1) is 5.29. The maximum atomic E-state index is 10.8. The van der Waals surface area contributed by atoms with Gasteiger partial charge in [-0.25, -0.2) is 0 Å². The van der Waals surface area contributed by atoms with Crippen molar-refractivity contribution in [2.45, 2.75) is 12.8 Å². The van der Waals surface area contributed by atoms with Crippen LogP contribution in [0.1, 0.15) is 27.2 Å². The fourth-order valence-electron chi connectivity index (χ4n) is 1.36. The van der Waals surface area contributed by atoms with Crippen molar-refractivity contribution in [3.05, 3.63) is 27.8 Å². The van der Waals surface area contributed by atoms with E-state index >= 15 is 0 Å². The maximum Gasteiger partial charge on any atom is 0.249 e. The van der Waals surface area contributed by atoms with Crippen LogP contribution in [-0.4, -0.2) is 5.91 Å². The number of carbonyl (C=O) groups is 1. The van der Waals surface area contributed by atoms with Gasteiger partial charge in [0.25, 0.3) is 0 Å². The Hall–Kier alpha value is -0.830. The molecular weight excluding hydrogens is 158 g/mol. The van der Waals surface area contributed by atoms with Gasteiger partial charge in [-0.05, 0) is 24.8 Å². The second kappa shape index (κ2) is 2.34. The molecule has 0 saturated carbocycles. The number of hydrogen-bond acceptors (Lipinski definition) is 2. The Morgan fingerprint density at radius 1 is 1.64 bits per heavy atom. The lowest BCUT2D eigenvalue weighted by Crippen LogP contribution is -2.11. The van der Waals surface area contributed by atoms with Gasteiger partial charge in [-0.1, -0.05) is 0 Å². The van der Waals surface area contributed by atoms with Crippen LogP contribution >= 0.6 is 11.3 Å². The Morgan fingerprint density at radius 2 is 2.45 bits per heavy atom. The highest BCUT2D eigenvalue weighted by Crippen LogP contribution is 2.31. The SMILES string of the molecule is NC(=O)c1csc2c1[CH]CC2. The number of aryl methyl sites for hydroxylation is 1. The Morgan fingerprint density at radius 3 is 3.18 bits per heavy atom. The van der Waals surface area contributed by atoms with Gasteiger partial charge in [0.05, 0.1) is 5.56 Å². The van der Waals surface area contributed by atoms with Crippen LogP contribution in [0.25, 0.3) is 0 Å². The number of carbonyl (C=O) groups excluding carboxylic acids is 1. The van der Waals surface area contributed by atoms with Crippen LogP contribution in [0.2, 0.25) is 0 Å². The lowest BCUT2D eigenvalue weighted by atomic mass is 10.1. The third kappa shape index (κ3) is 0.959. The van der Waals surface area contributed by atoms with Gasteiger partial charge in [0.2, 0.25) is 5.91 Å². The molecule has 0 unspecified atom stereocenters. The smallest absolute Gasteiger partial charge is 0.249 e. The van der Waals surface area contributed by atoms with Crippen LogP contribution in [0.5, 0.6) is 0 Å². The van der Waals surface area contributed by atoms with Gasteiger partial charge in [0.15, 0.2) is 0 Å². The van der Waals surface area contributed by atoms with Crippen molar-refractivity contribution in [2.75, 3.05) is 0 Å². The summed E-state index contributed by atoms with van der Waals surface area (Å²) in [5.41, 5.74) is 6.96. The summed E-state index contributed by atoms with van der Waals surface area (Å²) in [6.45, 7) is 0. The predicted octanol–water partition coefficient (Wildman–Crippen LogP) is 1.35. The lowest BCUT2D eigenvalue weighted by Gasteiger charge is -1.92. The minimum atomic E-state index is -0.305. The number of amides is 1. The first-order valence-corrected chi connectivity index (χ1v) is 4.40. The van der Waals surface area contributed by atoms with Gasteiger partial charge in [-0.3, -0.25) is 4.79 Å². The van der Waals surface area contributed by atoms with E-state index in [-0.39, 0.29) is 5.91 Å². The standard InChI is InChI=1S/C8H8NOS/c9-8(10)6-4-11-7-3-1-2-5(6)7/h2,4H,1,3H2,(H2,9,10). The van der Waals surface area contributed by atoms with Crippen LogP contribution in [0.4, 0.5) is 0 Å². The van der Waals surface area contributed by atoms with E-state index in [1.54, 1.807) is 11.3 Å². The molecule has 3 heteroatoms. The van der Waals surface area contributed by atoms with Crippen LogP contribution in [0, 0.1) is 6.42 Å². The van der Waals surface area contributed by atoms with E-state index in [2.05, 4.69) is 6.42 Å². The molecule has 1 aromatic rings. The average molecular weight is 166 g/mol. The normalized spacial score (nSPS) is 14.9. The largest absolute Gasteiger partial charge is 0.366 e. The lowest BCUT2D eigenvalue weighted by molar-refractivity contribution is 0.100. The van der Waals surface area contributed by atoms with Crippen LogP contribution in [-0.2, 0) is 6.42 Å². The molecule has 0 bridgehead atoms. The van der Waals surface area contributed by atoms with Crippen molar-refractivity contribution < 1.29 is 4.79 Å². The van der Waals surface area contributed by atoms with Gasteiger partial charge in [-0.2, -0.15) is 0 Å². The molecule has 0 fully saturated rings. The van der Waals surface area contributed by atoms with Crippen molar-refractivity contribution in [1.29, 1.82) is 0 Å². The molecule has 1 heterocycles. The molecule has 0 atom stereocenters. The Balaban J connectivity index is 2.50. The summed E-state index contributed by atoms with van der Waals surface area (Å²) in [5.74, 6) is -0.305. The highest BCUT2D eigenvalue weighted by Gasteiger charge is 2.19. The van der Waals surface area contributed by atoms with E-state index in [0.717, 1.165) is 18.4 Å². The van der Waals surface area contributed by atoms with Crippen LogP contribution in [0.3, 0.4) is 0 Å². The molecular formula is C8H8NOS. The Labute approximate surface area is 69.0 Å². The van der Waals surface area contributed by atoms with Crippen LogP contribution in [0.15, 0.2) is 5.38 Å². The Bertz CT molecular complexity index is 303.